The third-order valence-electron chi connectivity index (χ3n) is 2.59. The van der Waals surface area contributed by atoms with Gasteiger partial charge in [-0.05, 0) is 15.9 Å². The molecular weight excluding hydrogens is 354 g/mol. The van der Waals surface area contributed by atoms with Crippen molar-refractivity contribution in [3.63, 3.8) is 0 Å². The number of hydrogen-bond donors (Lipinski definition) is 2. The molecule has 19 heavy (non-hydrogen) atoms. The molecule has 2 heterocycles. The van der Waals surface area contributed by atoms with Gasteiger partial charge in [0.05, 0.1) is 22.4 Å². The standard InChI is InChI=1S/C10H12BrN3O3S2/c11-7-4-12-9(19-7)13-10(17)14-1-2-18-5-6(14)3-8(15)16/h4,6H,1-3,5H2,(H,15,16)(H,12,13,17). The fourth-order valence-corrected chi connectivity index (χ4v) is 3.93. The zero-order chi connectivity index (χ0) is 13.8. The number of halogens is 1. The SMILES string of the molecule is O=C(O)CC1CSCCN1C(=O)Nc1ncc(Br)s1. The molecule has 0 spiro atoms. The Bertz CT molecular complexity index is 482. The summed E-state index contributed by atoms with van der Waals surface area (Å²) in [5, 5.41) is 12.1. The van der Waals surface area contributed by atoms with Crippen LogP contribution in [0.25, 0.3) is 0 Å². The molecule has 1 fully saturated rings. The topological polar surface area (TPSA) is 82.5 Å². The summed E-state index contributed by atoms with van der Waals surface area (Å²) in [5.74, 6) is 0.592. The second-order valence-electron chi connectivity index (χ2n) is 3.92. The molecule has 1 aliphatic heterocycles. The van der Waals surface area contributed by atoms with Gasteiger partial charge in [0.2, 0.25) is 0 Å². The number of carbonyl (C=O) groups is 2. The van der Waals surface area contributed by atoms with E-state index in [1.165, 1.54) is 11.3 Å². The average molecular weight is 366 g/mol. The third-order valence-corrected chi connectivity index (χ3v) is 5.07. The molecule has 6 nitrogen and oxygen atoms in total. The number of nitrogens with one attached hydrogen (secondary N) is 1. The summed E-state index contributed by atoms with van der Waals surface area (Å²) < 4.78 is 0.832. The fourth-order valence-electron chi connectivity index (χ4n) is 1.77. The lowest BCUT2D eigenvalue weighted by Crippen LogP contribution is -2.48. The Kier molecular flexibility index (Phi) is 5.06. The van der Waals surface area contributed by atoms with E-state index in [0.717, 1.165) is 9.54 Å². The number of nitrogens with zero attached hydrogens (tertiary/aromatic N) is 2. The van der Waals surface area contributed by atoms with E-state index in [2.05, 4.69) is 26.2 Å². The van der Waals surface area contributed by atoms with Crippen LogP contribution in [0.4, 0.5) is 9.93 Å². The lowest BCUT2D eigenvalue weighted by Gasteiger charge is -2.34. The number of hydrogen-bond acceptors (Lipinski definition) is 5. The van der Waals surface area contributed by atoms with Gasteiger partial charge < -0.3 is 10.0 Å². The molecule has 2 amide bonds. The van der Waals surface area contributed by atoms with Crippen molar-refractivity contribution in [2.24, 2.45) is 0 Å². The summed E-state index contributed by atoms with van der Waals surface area (Å²) >= 11 is 6.26. The maximum atomic E-state index is 12.1. The van der Waals surface area contributed by atoms with Gasteiger partial charge in [-0.15, -0.1) is 0 Å². The molecular formula is C10H12BrN3O3S2. The lowest BCUT2D eigenvalue weighted by atomic mass is 10.2. The first kappa shape index (κ1) is 14.6. The van der Waals surface area contributed by atoms with Crippen molar-refractivity contribution in [2.75, 3.05) is 23.4 Å². The van der Waals surface area contributed by atoms with Gasteiger partial charge in [0, 0.05) is 18.1 Å². The van der Waals surface area contributed by atoms with E-state index in [4.69, 9.17) is 5.11 Å². The van der Waals surface area contributed by atoms with Gasteiger partial charge in [-0.2, -0.15) is 11.8 Å². The minimum Gasteiger partial charge on any atom is -0.481 e. The monoisotopic (exact) mass is 365 g/mol. The number of thiazole rings is 1. The van der Waals surface area contributed by atoms with E-state index < -0.39 is 5.97 Å². The molecule has 0 aromatic carbocycles. The Morgan fingerprint density at radius 1 is 1.63 bits per heavy atom. The zero-order valence-corrected chi connectivity index (χ0v) is 13.1. The van der Waals surface area contributed by atoms with Crippen LogP contribution < -0.4 is 5.32 Å². The quantitative estimate of drug-likeness (QED) is 0.858. The first-order valence-corrected chi connectivity index (χ1v) is 8.31. The smallest absolute Gasteiger partial charge is 0.323 e. The summed E-state index contributed by atoms with van der Waals surface area (Å²) in [6.45, 7) is 0.557. The lowest BCUT2D eigenvalue weighted by molar-refractivity contribution is -0.137. The number of carbonyl (C=O) groups excluding carboxylic acids is 1. The molecule has 1 aromatic heterocycles. The van der Waals surface area contributed by atoms with Crippen molar-refractivity contribution in [1.29, 1.82) is 0 Å². The maximum Gasteiger partial charge on any atom is 0.323 e. The molecule has 1 saturated heterocycles. The largest absolute Gasteiger partial charge is 0.481 e. The first-order valence-electron chi connectivity index (χ1n) is 5.55. The van der Waals surface area contributed by atoms with Crippen molar-refractivity contribution in [2.45, 2.75) is 12.5 Å². The molecule has 0 aliphatic carbocycles. The van der Waals surface area contributed by atoms with E-state index in [0.29, 0.717) is 17.4 Å². The van der Waals surface area contributed by atoms with Crippen LogP contribution in [0.3, 0.4) is 0 Å². The average Bonchev–Trinajstić information content (AvgIpc) is 2.74. The van der Waals surface area contributed by atoms with E-state index in [1.807, 2.05) is 0 Å². The van der Waals surface area contributed by atoms with Crippen molar-refractivity contribution in [3.05, 3.63) is 9.98 Å². The van der Waals surface area contributed by atoms with Crippen LogP contribution in [0, 0.1) is 0 Å². The van der Waals surface area contributed by atoms with Crippen LogP contribution >= 0.6 is 39.0 Å². The fraction of sp³-hybridized carbons (Fsp3) is 0.500. The number of aliphatic carboxylic acids is 1. The molecule has 0 radical (unpaired) electrons. The normalized spacial score (nSPS) is 19.2. The summed E-state index contributed by atoms with van der Waals surface area (Å²) in [6.07, 6.45) is 1.59. The minimum absolute atomic E-state index is 0.0258. The number of rotatable bonds is 3. The highest BCUT2D eigenvalue weighted by Crippen LogP contribution is 2.25. The van der Waals surface area contributed by atoms with Crippen LogP contribution in [0.2, 0.25) is 0 Å². The number of amides is 2. The van der Waals surface area contributed by atoms with Crippen LogP contribution in [0.15, 0.2) is 9.98 Å². The molecule has 1 atom stereocenters. The van der Waals surface area contributed by atoms with Gasteiger partial charge in [-0.25, -0.2) is 9.78 Å². The molecule has 0 bridgehead atoms. The van der Waals surface area contributed by atoms with Crippen molar-refractivity contribution in [1.82, 2.24) is 9.88 Å². The summed E-state index contributed by atoms with van der Waals surface area (Å²) in [4.78, 5) is 28.6. The van der Waals surface area contributed by atoms with E-state index >= 15 is 0 Å². The number of urea groups is 1. The van der Waals surface area contributed by atoms with Crippen molar-refractivity contribution < 1.29 is 14.7 Å². The predicted octanol–water partition coefficient (Wildman–Crippen LogP) is 2.33. The Labute approximate surface area is 126 Å². The first-order chi connectivity index (χ1) is 9.06. The van der Waals surface area contributed by atoms with Crippen LogP contribution in [-0.2, 0) is 4.79 Å². The predicted molar refractivity (Wildman–Crippen MR) is 78.9 cm³/mol. The molecule has 1 unspecified atom stereocenters. The number of thioether (sulfide) groups is 1. The van der Waals surface area contributed by atoms with E-state index in [9.17, 15) is 9.59 Å². The summed E-state index contributed by atoms with van der Waals surface area (Å²) in [7, 11) is 0. The molecule has 2 rings (SSSR count). The van der Waals surface area contributed by atoms with Gasteiger partial charge in [0.15, 0.2) is 5.13 Å². The Hall–Kier alpha value is -0.800. The van der Waals surface area contributed by atoms with Gasteiger partial charge in [0.25, 0.3) is 0 Å². The zero-order valence-electron chi connectivity index (χ0n) is 9.84. The Balaban J connectivity index is 2.00. The summed E-state index contributed by atoms with van der Waals surface area (Å²) in [6, 6.07) is -0.548. The van der Waals surface area contributed by atoms with Gasteiger partial charge in [0.1, 0.15) is 0 Å². The highest BCUT2D eigenvalue weighted by Gasteiger charge is 2.29. The second kappa shape index (κ2) is 6.58. The van der Waals surface area contributed by atoms with Gasteiger partial charge >= 0.3 is 12.0 Å². The van der Waals surface area contributed by atoms with Gasteiger partial charge in [-0.1, -0.05) is 11.3 Å². The maximum absolute atomic E-state index is 12.1. The van der Waals surface area contributed by atoms with Crippen LogP contribution in [0.5, 0.6) is 0 Å². The molecule has 1 aliphatic rings. The highest BCUT2D eigenvalue weighted by atomic mass is 79.9. The Morgan fingerprint density at radius 3 is 3.05 bits per heavy atom. The summed E-state index contributed by atoms with van der Waals surface area (Å²) in [5.41, 5.74) is 0. The Morgan fingerprint density at radius 2 is 2.42 bits per heavy atom. The third kappa shape index (κ3) is 4.08. The molecule has 9 heteroatoms. The van der Waals surface area contributed by atoms with Crippen molar-refractivity contribution >= 4 is 56.2 Å². The van der Waals surface area contributed by atoms with Gasteiger partial charge in [-0.3, -0.25) is 10.1 Å². The van der Waals surface area contributed by atoms with Crippen LogP contribution in [0.1, 0.15) is 6.42 Å². The van der Waals surface area contributed by atoms with E-state index in [-0.39, 0.29) is 18.5 Å². The van der Waals surface area contributed by atoms with Crippen molar-refractivity contribution in [3.8, 4) is 0 Å². The minimum atomic E-state index is -0.887. The van der Waals surface area contributed by atoms with Crippen LogP contribution in [-0.4, -0.2) is 51.1 Å². The molecule has 1 aromatic rings. The number of anilines is 1. The molecule has 0 saturated carbocycles. The highest BCUT2D eigenvalue weighted by molar-refractivity contribution is 9.11. The molecule has 104 valence electrons. The van der Waals surface area contributed by atoms with E-state index in [1.54, 1.807) is 22.9 Å². The number of carboxylic acids is 1. The molecule has 2 N–H and O–H groups in total. The number of aromatic nitrogens is 1. The number of carboxylic acid groups (broad SMARTS) is 1. The second-order valence-corrected chi connectivity index (χ2v) is 7.48.